The molecule has 0 bridgehead atoms. The molecule has 1 unspecified atom stereocenters. The summed E-state index contributed by atoms with van der Waals surface area (Å²) in [5, 5.41) is 0. The minimum Gasteiger partial charge on any atom is -0.494 e. The van der Waals surface area contributed by atoms with Gasteiger partial charge in [0.15, 0.2) is 0 Å². The van der Waals surface area contributed by atoms with Crippen molar-refractivity contribution in [3.63, 3.8) is 0 Å². The number of hydrogen-bond donors (Lipinski definition) is 0. The van der Waals surface area contributed by atoms with Gasteiger partial charge < -0.3 is 8.99 Å². The first-order valence-electron chi connectivity index (χ1n) is 6.55. The number of carbonyl (C=O) groups is 1. The van der Waals surface area contributed by atoms with Gasteiger partial charge in [0.1, 0.15) is 0 Å². The summed E-state index contributed by atoms with van der Waals surface area (Å²) in [5.41, 5.74) is 4.53. The smallest absolute Gasteiger partial charge is 0.481 e. The first-order valence-corrected chi connectivity index (χ1v) is 9.53. The van der Waals surface area contributed by atoms with E-state index in [0.29, 0.717) is 0 Å². The normalized spacial score (nSPS) is 16.7. The SMILES string of the molecule is Cn1ccc2c1-c1ccccc1C2[Si](C)(C)OC(=O)F. The van der Waals surface area contributed by atoms with E-state index in [9.17, 15) is 9.18 Å². The maximum atomic E-state index is 12.8. The Morgan fingerprint density at radius 1 is 1.25 bits per heavy atom. The topological polar surface area (TPSA) is 31.2 Å². The Bertz CT molecular complexity index is 693. The lowest BCUT2D eigenvalue weighted by Gasteiger charge is -2.28. The van der Waals surface area contributed by atoms with Crippen molar-refractivity contribution in [3.05, 3.63) is 47.7 Å². The summed E-state index contributed by atoms with van der Waals surface area (Å²) in [6, 6.07) is 10.1. The molecule has 1 aliphatic rings. The second kappa shape index (κ2) is 4.31. The molecule has 0 amide bonds. The zero-order valence-electron chi connectivity index (χ0n) is 11.7. The Hall–Kier alpha value is -1.88. The van der Waals surface area contributed by atoms with Crippen molar-refractivity contribution in [2.75, 3.05) is 0 Å². The molecule has 0 aliphatic heterocycles. The third-order valence-corrected chi connectivity index (χ3v) is 6.68. The Morgan fingerprint density at radius 2 is 1.95 bits per heavy atom. The molecule has 1 aromatic heterocycles. The highest BCUT2D eigenvalue weighted by Crippen LogP contribution is 2.49. The maximum Gasteiger partial charge on any atom is 0.481 e. The van der Waals surface area contributed by atoms with Crippen LogP contribution in [0.3, 0.4) is 0 Å². The van der Waals surface area contributed by atoms with Crippen molar-refractivity contribution in [2.45, 2.75) is 18.6 Å². The fourth-order valence-electron chi connectivity index (χ4n) is 3.27. The van der Waals surface area contributed by atoms with Crippen LogP contribution in [0.5, 0.6) is 0 Å². The molecule has 0 spiro atoms. The molecule has 104 valence electrons. The van der Waals surface area contributed by atoms with Crippen LogP contribution in [0.4, 0.5) is 9.18 Å². The minimum absolute atomic E-state index is 0.0189. The van der Waals surface area contributed by atoms with Gasteiger partial charge in [-0.05, 0) is 30.3 Å². The van der Waals surface area contributed by atoms with Crippen LogP contribution in [0.2, 0.25) is 13.1 Å². The van der Waals surface area contributed by atoms with E-state index in [1.54, 1.807) is 0 Å². The highest BCUT2D eigenvalue weighted by molar-refractivity contribution is 6.75. The third-order valence-electron chi connectivity index (χ3n) is 3.98. The molecular weight excluding hydrogens is 273 g/mol. The number of aryl methyl sites for hydroxylation is 1. The molecule has 0 fully saturated rings. The fraction of sp³-hybridized carbons (Fsp3) is 0.267. The van der Waals surface area contributed by atoms with Gasteiger partial charge in [-0.25, -0.2) is 4.79 Å². The molecule has 0 saturated carbocycles. The van der Waals surface area contributed by atoms with E-state index in [0.717, 1.165) is 22.4 Å². The summed E-state index contributed by atoms with van der Waals surface area (Å²) in [5.74, 6) is 0. The fourth-order valence-corrected chi connectivity index (χ4v) is 5.79. The van der Waals surface area contributed by atoms with Gasteiger partial charge in [-0.3, -0.25) is 0 Å². The number of rotatable bonds is 2. The molecule has 5 heteroatoms. The Morgan fingerprint density at radius 3 is 2.65 bits per heavy atom. The van der Waals surface area contributed by atoms with Gasteiger partial charge in [-0.1, -0.05) is 24.3 Å². The highest BCUT2D eigenvalue weighted by atomic mass is 28.4. The highest BCUT2D eigenvalue weighted by Gasteiger charge is 2.45. The number of halogens is 1. The van der Waals surface area contributed by atoms with Crippen molar-refractivity contribution >= 4 is 14.5 Å². The van der Waals surface area contributed by atoms with Gasteiger partial charge in [0.25, 0.3) is 8.32 Å². The van der Waals surface area contributed by atoms with Crippen LogP contribution in [0.25, 0.3) is 11.3 Å². The number of carbonyl (C=O) groups excluding carboxylic acids is 1. The second-order valence-electron chi connectivity index (χ2n) is 5.69. The largest absolute Gasteiger partial charge is 0.494 e. The molecule has 20 heavy (non-hydrogen) atoms. The number of benzene rings is 1. The quantitative estimate of drug-likeness (QED) is 0.618. The van der Waals surface area contributed by atoms with Crippen LogP contribution in [0, 0.1) is 0 Å². The summed E-state index contributed by atoms with van der Waals surface area (Å²) < 4.78 is 19.9. The van der Waals surface area contributed by atoms with Gasteiger partial charge in [0.05, 0.1) is 5.69 Å². The maximum absolute atomic E-state index is 12.8. The predicted octanol–water partition coefficient (Wildman–Crippen LogP) is 3.99. The van der Waals surface area contributed by atoms with E-state index >= 15 is 0 Å². The number of hydrogen-bond acceptors (Lipinski definition) is 2. The average molecular weight is 289 g/mol. The Kier molecular flexibility index (Phi) is 2.83. The molecule has 0 saturated heterocycles. The van der Waals surface area contributed by atoms with Crippen molar-refractivity contribution in [2.24, 2.45) is 7.05 Å². The molecule has 3 nitrogen and oxygen atoms in total. The summed E-state index contributed by atoms with van der Waals surface area (Å²) in [7, 11) is -0.567. The molecule has 2 aromatic rings. The summed E-state index contributed by atoms with van der Waals surface area (Å²) in [4.78, 5) is 10.8. The van der Waals surface area contributed by atoms with Crippen LogP contribution in [-0.4, -0.2) is 19.1 Å². The number of nitrogens with zero attached hydrogens (tertiary/aromatic N) is 1. The lowest BCUT2D eigenvalue weighted by molar-refractivity contribution is 0.172. The van der Waals surface area contributed by atoms with Crippen LogP contribution >= 0.6 is 0 Å². The zero-order valence-corrected chi connectivity index (χ0v) is 12.7. The Labute approximate surface area is 118 Å². The van der Waals surface area contributed by atoms with Gasteiger partial charge in [-0.2, -0.15) is 0 Å². The summed E-state index contributed by atoms with van der Waals surface area (Å²) >= 11 is 0. The van der Waals surface area contributed by atoms with Crippen molar-refractivity contribution in [3.8, 4) is 11.3 Å². The first-order chi connectivity index (χ1) is 9.42. The van der Waals surface area contributed by atoms with E-state index in [1.165, 1.54) is 0 Å². The van der Waals surface area contributed by atoms with E-state index in [4.69, 9.17) is 4.43 Å². The number of fused-ring (bicyclic) bond motifs is 3. The lowest BCUT2D eigenvalue weighted by Crippen LogP contribution is -2.39. The standard InChI is InChI=1S/C15H16FNO2Si/c1-17-9-8-12-13(17)10-6-4-5-7-11(10)14(12)20(2,3)19-15(16)18/h4-9,14H,1-3H3. The van der Waals surface area contributed by atoms with Gasteiger partial charge in [-0.15, -0.1) is 4.39 Å². The van der Waals surface area contributed by atoms with Crippen LogP contribution in [0.15, 0.2) is 36.5 Å². The second-order valence-corrected chi connectivity index (χ2v) is 9.68. The van der Waals surface area contributed by atoms with E-state index < -0.39 is 14.5 Å². The molecule has 1 aromatic carbocycles. The molecule has 1 heterocycles. The third kappa shape index (κ3) is 1.81. The minimum atomic E-state index is -2.56. The van der Waals surface area contributed by atoms with E-state index in [2.05, 4.69) is 10.6 Å². The summed E-state index contributed by atoms with van der Waals surface area (Å²) in [6.07, 6.45) is 0.318. The lowest BCUT2D eigenvalue weighted by atomic mass is 10.1. The zero-order chi connectivity index (χ0) is 14.5. The molecular formula is C15H16FNO2Si. The Balaban J connectivity index is 2.19. The van der Waals surface area contributed by atoms with Crippen LogP contribution < -0.4 is 0 Å². The monoisotopic (exact) mass is 289 g/mol. The van der Waals surface area contributed by atoms with E-state index in [1.807, 2.05) is 50.6 Å². The van der Waals surface area contributed by atoms with Crippen LogP contribution in [0.1, 0.15) is 16.7 Å². The molecule has 1 atom stereocenters. The molecule has 1 aliphatic carbocycles. The predicted molar refractivity (Wildman–Crippen MR) is 77.8 cm³/mol. The average Bonchev–Trinajstić information content (AvgIpc) is 2.86. The van der Waals surface area contributed by atoms with E-state index in [-0.39, 0.29) is 5.54 Å². The van der Waals surface area contributed by atoms with Crippen molar-refractivity contribution < 1.29 is 13.6 Å². The molecule has 0 radical (unpaired) electrons. The van der Waals surface area contributed by atoms with Gasteiger partial charge in [0, 0.05) is 24.3 Å². The summed E-state index contributed by atoms with van der Waals surface area (Å²) in [6.45, 7) is 3.77. The van der Waals surface area contributed by atoms with Gasteiger partial charge >= 0.3 is 6.22 Å². The molecule has 3 rings (SSSR count). The van der Waals surface area contributed by atoms with Crippen molar-refractivity contribution in [1.29, 1.82) is 0 Å². The van der Waals surface area contributed by atoms with Gasteiger partial charge in [0.2, 0.25) is 0 Å². The van der Waals surface area contributed by atoms with Crippen molar-refractivity contribution in [1.82, 2.24) is 4.57 Å². The molecule has 0 N–H and O–H groups in total. The van der Waals surface area contributed by atoms with Crippen LogP contribution in [-0.2, 0) is 11.5 Å². The first kappa shape index (κ1) is 13.1. The number of aromatic nitrogens is 1.